The summed E-state index contributed by atoms with van der Waals surface area (Å²) in [6.07, 6.45) is 7.35. The van der Waals surface area contributed by atoms with Gasteiger partial charge < -0.3 is 10.2 Å². The highest BCUT2D eigenvalue weighted by molar-refractivity contribution is 7.80. The van der Waals surface area contributed by atoms with Crippen LogP contribution in [-0.2, 0) is 13.0 Å². The maximum Gasteiger partial charge on any atom is 0.173 e. The van der Waals surface area contributed by atoms with Crippen molar-refractivity contribution < 1.29 is 0 Å². The monoisotopic (exact) mass is 368 g/mol. The maximum atomic E-state index is 5.62. The summed E-state index contributed by atoms with van der Waals surface area (Å²) in [5, 5.41) is 4.22. The van der Waals surface area contributed by atoms with Crippen LogP contribution in [-0.4, -0.2) is 46.1 Å². The summed E-state index contributed by atoms with van der Waals surface area (Å²) in [6.45, 7) is 7.19. The Hall–Kier alpha value is -1.98. The zero-order chi connectivity index (χ0) is 18.2. The SMILES string of the molecule is CCCCc1ccc(NC(=S)N2CCN(Cc3ccncc3)CC2)cc1. The molecule has 2 heterocycles. The summed E-state index contributed by atoms with van der Waals surface area (Å²) < 4.78 is 0. The van der Waals surface area contributed by atoms with Gasteiger partial charge in [-0.15, -0.1) is 0 Å². The van der Waals surface area contributed by atoms with Gasteiger partial charge >= 0.3 is 0 Å². The van der Waals surface area contributed by atoms with E-state index in [-0.39, 0.29) is 0 Å². The highest BCUT2D eigenvalue weighted by Gasteiger charge is 2.19. The minimum Gasteiger partial charge on any atom is -0.346 e. The van der Waals surface area contributed by atoms with Gasteiger partial charge in [-0.25, -0.2) is 0 Å². The van der Waals surface area contributed by atoms with E-state index >= 15 is 0 Å². The van der Waals surface area contributed by atoms with Gasteiger partial charge in [0, 0.05) is 50.8 Å². The molecule has 0 aliphatic carbocycles. The Morgan fingerprint density at radius 2 is 1.69 bits per heavy atom. The Morgan fingerprint density at radius 3 is 2.35 bits per heavy atom. The fraction of sp³-hybridized carbons (Fsp3) is 0.429. The molecule has 2 aromatic rings. The Kier molecular flexibility index (Phi) is 6.97. The second-order valence-electron chi connectivity index (χ2n) is 6.85. The minimum absolute atomic E-state index is 0.829. The minimum atomic E-state index is 0.829. The van der Waals surface area contributed by atoms with Crippen molar-refractivity contribution in [3.8, 4) is 0 Å². The average Bonchev–Trinajstić information content (AvgIpc) is 2.69. The predicted octanol–water partition coefficient (Wildman–Crippen LogP) is 3.94. The molecule has 5 heteroatoms. The van der Waals surface area contributed by atoms with E-state index in [1.54, 1.807) is 0 Å². The number of unbranched alkanes of at least 4 members (excludes halogenated alkanes) is 1. The predicted molar refractivity (Wildman–Crippen MR) is 112 cm³/mol. The molecule has 0 amide bonds. The molecule has 0 bridgehead atoms. The fourth-order valence-corrected chi connectivity index (χ4v) is 3.49. The number of piperazine rings is 1. The highest BCUT2D eigenvalue weighted by atomic mass is 32.1. The Labute approximate surface area is 162 Å². The molecule has 0 saturated carbocycles. The zero-order valence-corrected chi connectivity index (χ0v) is 16.3. The lowest BCUT2D eigenvalue weighted by molar-refractivity contribution is 0.177. The second-order valence-corrected chi connectivity index (χ2v) is 7.24. The molecule has 1 fully saturated rings. The van der Waals surface area contributed by atoms with Crippen LogP contribution in [0.3, 0.4) is 0 Å². The van der Waals surface area contributed by atoms with Crippen molar-refractivity contribution in [3.05, 3.63) is 59.9 Å². The van der Waals surface area contributed by atoms with E-state index in [0.29, 0.717) is 0 Å². The van der Waals surface area contributed by atoms with Gasteiger partial charge in [0.1, 0.15) is 0 Å². The fourth-order valence-electron chi connectivity index (χ4n) is 3.19. The van der Waals surface area contributed by atoms with Crippen LogP contribution in [0, 0.1) is 0 Å². The van der Waals surface area contributed by atoms with E-state index in [9.17, 15) is 0 Å². The van der Waals surface area contributed by atoms with Crippen LogP contribution in [0.4, 0.5) is 5.69 Å². The van der Waals surface area contributed by atoms with Gasteiger partial charge in [-0.1, -0.05) is 25.5 Å². The average molecular weight is 369 g/mol. The van der Waals surface area contributed by atoms with E-state index in [0.717, 1.165) is 49.9 Å². The summed E-state index contributed by atoms with van der Waals surface area (Å²) >= 11 is 5.62. The molecule has 4 nitrogen and oxygen atoms in total. The molecule has 0 spiro atoms. The molecule has 1 saturated heterocycles. The third-order valence-corrected chi connectivity index (χ3v) is 5.20. The summed E-state index contributed by atoms with van der Waals surface area (Å²) in [5.41, 5.74) is 3.79. The first-order chi connectivity index (χ1) is 12.7. The van der Waals surface area contributed by atoms with Gasteiger partial charge in [-0.2, -0.15) is 0 Å². The molecule has 138 valence electrons. The number of aromatic nitrogens is 1. The van der Waals surface area contributed by atoms with Crippen LogP contribution in [0.15, 0.2) is 48.8 Å². The lowest BCUT2D eigenvalue weighted by atomic mass is 10.1. The number of thiocarbonyl (C=S) groups is 1. The van der Waals surface area contributed by atoms with Crippen molar-refractivity contribution in [1.29, 1.82) is 0 Å². The summed E-state index contributed by atoms with van der Waals surface area (Å²) in [7, 11) is 0. The normalized spacial score (nSPS) is 15.0. The summed E-state index contributed by atoms with van der Waals surface area (Å²) in [4.78, 5) is 8.82. The Balaban J connectivity index is 1.44. The van der Waals surface area contributed by atoms with Gasteiger partial charge in [0.25, 0.3) is 0 Å². The van der Waals surface area contributed by atoms with Crippen molar-refractivity contribution >= 4 is 23.0 Å². The maximum absolute atomic E-state index is 5.62. The third-order valence-electron chi connectivity index (χ3n) is 4.84. The first-order valence-electron chi connectivity index (χ1n) is 9.50. The van der Waals surface area contributed by atoms with E-state index in [4.69, 9.17) is 12.2 Å². The Morgan fingerprint density at radius 1 is 1.00 bits per heavy atom. The zero-order valence-electron chi connectivity index (χ0n) is 15.5. The van der Waals surface area contributed by atoms with Crippen LogP contribution in [0.25, 0.3) is 0 Å². The van der Waals surface area contributed by atoms with Crippen LogP contribution in [0.2, 0.25) is 0 Å². The number of hydrogen-bond acceptors (Lipinski definition) is 3. The molecule has 3 rings (SSSR count). The van der Waals surface area contributed by atoms with Gasteiger partial charge in [0.05, 0.1) is 0 Å². The number of aryl methyl sites for hydroxylation is 1. The first-order valence-corrected chi connectivity index (χ1v) is 9.91. The third kappa shape index (κ3) is 5.51. The number of anilines is 1. The number of nitrogens with zero attached hydrogens (tertiary/aromatic N) is 3. The number of hydrogen-bond donors (Lipinski definition) is 1. The van der Waals surface area contributed by atoms with Gasteiger partial charge in [0.15, 0.2) is 5.11 Å². The molecule has 1 aliphatic rings. The number of benzene rings is 1. The molecule has 0 radical (unpaired) electrons. The van der Waals surface area contributed by atoms with Crippen molar-refractivity contribution in [3.63, 3.8) is 0 Å². The van der Waals surface area contributed by atoms with Crippen LogP contribution in [0.5, 0.6) is 0 Å². The first kappa shape index (κ1) is 18.8. The molecule has 1 aliphatic heterocycles. The van der Waals surface area contributed by atoms with Gasteiger partial charge in [-0.05, 0) is 60.5 Å². The molecule has 0 unspecified atom stereocenters. The summed E-state index contributed by atoms with van der Waals surface area (Å²) in [6, 6.07) is 12.8. The molecule has 1 N–H and O–H groups in total. The second kappa shape index (κ2) is 9.64. The van der Waals surface area contributed by atoms with Crippen molar-refractivity contribution in [2.45, 2.75) is 32.7 Å². The van der Waals surface area contributed by atoms with Crippen LogP contribution in [0.1, 0.15) is 30.9 Å². The van der Waals surface area contributed by atoms with Crippen molar-refractivity contribution in [2.24, 2.45) is 0 Å². The largest absolute Gasteiger partial charge is 0.346 e. The smallest absolute Gasteiger partial charge is 0.173 e. The summed E-state index contributed by atoms with van der Waals surface area (Å²) in [5.74, 6) is 0. The Bertz CT molecular complexity index is 679. The molecular weight excluding hydrogens is 340 g/mol. The van der Waals surface area contributed by atoms with E-state index in [1.165, 1.54) is 24.0 Å². The van der Waals surface area contributed by atoms with E-state index in [1.807, 2.05) is 12.4 Å². The topological polar surface area (TPSA) is 31.4 Å². The molecule has 26 heavy (non-hydrogen) atoms. The molecular formula is C21H28N4S. The quantitative estimate of drug-likeness (QED) is 0.781. The number of rotatable bonds is 6. The van der Waals surface area contributed by atoms with E-state index in [2.05, 4.69) is 63.4 Å². The van der Waals surface area contributed by atoms with E-state index < -0.39 is 0 Å². The highest BCUT2D eigenvalue weighted by Crippen LogP contribution is 2.14. The lowest BCUT2D eigenvalue weighted by Crippen LogP contribution is -2.49. The lowest BCUT2D eigenvalue weighted by Gasteiger charge is -2.36. The van der Waals surface area contributed by atoms with Crippen molar-refractivity contribution in [2.75, 3.05) is 31.5 Å². The number of nitrogens with one attached hydrogen (secondary N) is 1. The van der Waals surface area contributed by atoms with Crippen molar-refractivity contribution in [1.82, 2.24) is 14.8 Å². The molecule has 1 aromatic heterocycles. The van der Waals surface area contributed by atoms with Crippen LogP contribution < -0.4 is 5.32 Å². The van der Waals surface area contributed by atoms with Gasteiger partial charge in [0.2, 0.25) is 0 Å². The molecule has 1 aromatic carbocycles. The standard InChI is InChI=1S/C21H28N4S/c1-2-3-4-18-5-7-20(8-6-18)23-21(26)25-15-13-24(14-16-25)17-19-9-11-22-12-10-19/h5-12H,2-4,13-17H2,1H3,(H,23,26). The van der Waals surface area contributed by atoms with Crippen LogP contribution >= 0.6 is 12.2 Å². The van der Waals surface area contributed by atoms with Gasteiger partial charge in [-0.3, -0.25) is 9.88 Å². The molecule has 0 atom stereocenters. The number of pyridine rings is 1.